The molecule has 28 heavy (non-hydrogen) atoms. The number of aromatic nitrogens is 1. The number of hydrogen-bond donors (Lipinski definition) is 0. The molecule has 0 fully saturated rings. The average molecular weight is 357 g/mol. The van der Waals surface area contributed by atoms with Crippen LogP contribution >= 0.6 is 0 Å². The zero-order valence-corrected chi connectivity index (χ0v) is 15.0. The van der Waals surface area contributed by atoms with Crippen LogP contribution in [0.5, 0.6) is 0 Å². The van der Waals surface area contributed by atoms with E-state index in [2.05, 4.69) is 83.4 Å². The summed E-state index contributed by atoms with van der Waals surface area (Å²) >= 11 is 0. The van der Waals surface area contributed by atoms with Crippen molar-refractivity contribution in [3.63, 3.8) is 0 Å². The standard InChI is InChI=1S/C26H15NO/c1-2-8-17-16(7-1)15-27-22-14-13-21-18-9-5-6-12-23(18)28-26(21)24(22)19-10-3-4-11-20(19)25(17)27/h1-15H. The summed E-state index contributed by atoms with van der Waals surface area (Å²) < 4.78 is 8.71. The number of hydrogen-bond acceptors (Lipinski definition) is 1. The van der Waals surface area contributed by atoms with Crippen molar-refractivity contribution in [2.75, 3.05) is 0 Å². The lowest BCUT2D eigenvalue weighted by atomic mass is 10.0. The number of para-hydroxylation sites is 1. The van der Waals surface area contributed by atoms with E-state index in [1.54, 1.807) is 0 Å². The maximum absolute atomic E-state index is 6.38. The first-order valence-electron chi connectivity index (χ1n) is 9.55. The molecule has 2 heteroatoms. The van der Waals surface area contributed by atoms with Gasteiger partial charge >= 0.3 is 0 Å². The molecule has 4 aromatic carbocycles. The lowest BCUT2D eigenvalue weighted by molar-refractivity contribution is 0.673. The third kappa shape index (κ3) is 1.64. The van der Waals surface area contributed by atoms with Gasteiger partial charge in [0.05, 0.1) is 11.0 Å². The second-order valence-electron chi connectivity index (χ2n) is 7.42. The van der Waals surface area contributed by atoms with E-state index >= 15 is 0 Å². The van der Waals surface area contributed by atoms with Gasteiger partial charge in [-0.25, -0.2) is 0 Å². The molecule has 0 radical (unpaired) electrons. The smallest absolute Gasteiger partial charge is 0.145 e. The van der Waals surface area contributed by atoms with Gasteiger partial charge < -0.3 is 8.82 Å². The van der Waals surface area contributed by atoms with Gasteiger partial charge in [-0.2, -0.15) is 0 Å². The second-order valence-corrected chi connectivity index (χ2v) is 7.42. The number of benzene rings is 4. The number of pyridine rings is 1. The Morgan fingerprint density at radius 1 is 0.571 bits per heavy atom. The summed E-state index contributed by atoms with van der Waals surface area (Å²) in [6, 6.07) is 30.0. The van der Waals surface area contributed by atoms with Crippen molar-refractivity contribution in [3.8, 4) is 0 Å². The van der Waals surface area contributed by atoms with E-state index in [-0.39, 0.29) is 0 Å². The maximum Gasteiger partial charge on any atom is 0.145 e. The molecule has 130 valence electrons. The maximum atomic E-state index is 6.38. The second kappa shape index (κ2) is 4.93. The van der Waals surface area contributed by atoms with Crippen LogP contribution < -0.4 is 0 Å². The minimum absolute atomic E-state index is 0.937. The summed E-state index contributed by atoms with van der Waals surface area (Å²) in [7, 11) is 0. The van der Waals surface area contributed by atoms with Gasteiger partial charge in [-0.1, -0.05) is 66.7 Å². The van der Waals surface area contributed by atoms with E-state index in [0.29, 0.717) is 0 Å². The summed E-state index contributed by atoms with van der Waals surface area (Å²) in [5.74, 6) is 0. The van der Waals surface area contributed by atoms with Crippen LogP contribution in [0.25, 0.3) is 59.9 Å². The Morgan fingerprint density at radius 3 is 2.18 bits per heavy atom. The highest BCUT2D eigenvalue weighted by molar-refractivity contribution is 6.27. The fourth-order valence-corrected chi connectivity index (χ4v) is 4.77. The minimum atomic E-state index is 0.937. The van der Waals surface area contributed by atoms with Gasteiger partial charge in [0.2, 0.25) is 0 Å². The molecule has 0 spiro atoms. The first-order valence-corrected chi connectivity index (χ1v) is 9.55. The molecular weight excluding hydrogens is 342 g/mol. The number of rotatable bonds is 0. The third-order valence-corrected chi connectivity index (χ3v) is 5.96. The SMILES string of the molecule is c1ccc2c(c1)cn1c3ccc4c5ccccc5oc4c3c3ccccc3c21. The normalized spacial score (nSPS) is 12.3. The number of fused-ring (bicyclic) bond motifs is 12. The van der Waals surface area contributed by atoms with E-state index < -0.39 is 0 Å². The highest BCUT2D eigenvalue weighted by Gasteiger charge is 2.17. The summed E-state index contributed by atoms with van der Waals surface area (Å²) in [4.78, 5) is 0. The third-order valence-electron chi connectivity index (χ3n) is 5.96. The highest BCUT2D eigenvalue weighted by Crippen LogP contribution is 2.40. The van der Waals surface area contributed by atoms with Crippen LogP contribution in [-0.4, -0.2) is 4.40 Å². The molecule has 3 heterocycles. The minimum Gasteiger partial charge on any atom is -0.455 e. The summed E-state index contributed by atoms with van der Waals surface area (Å²) in [6.45, 7) is 0. The van der Waals surface area contributed by atoms with Gasteiger partial charge in [-0.05, 0) is 23.6 Å². The Morgan fingerprint density at radius 2 is 1.29 bits per heavy atom. The molecule has 0 saturated heterocycles. The monoisotopic (exact) mass is 357 g/mol. The molecular formula is C26H15NO. The average Bonchev–Trinajstić information content (AvgIpc) is 3.32. The van der Waals surface area contributed by atoms with Gasteiger partial charge in [-0.3, -0.25) is 0 Å². The zero-order valence-electron chi connectivity index (χ0n) is 15.0. The van der Waals surface area contributed by atoms with Gasteiger partial charge in [-0.15, -0.1) is 0 Å². The largest absolute Gasteiger partial charge is 0.455 e. The van der Waals surface area contributed by atoms with Crippen molar-refractivity contribution in [3.05, 3.63) is 91.1 Å². The lowest BCUT2D eigenvalue weighted by Crippen LogP contribution is -1.89. The highest BCUT2D eigenvalue weighted by atomic mass is 16.3. The van der Waals surface area contributed by atoms with Gasteiger partial charge in [0.15, 0.2) is 0 Å². The number of nitrogens with zero attached hydrogens (tertiary/aromatic N) is 1. The molecule has 0 aliphatic rings. The Bertz CT molecular complexity index is 1710. The molecule has 0 aliphatic heterocycles. The fraction of sp³-hybridized carbons (Fsp3) is 0. The molecule has 0 amide bonds. The molecule has 7 aromatic rings. The summed E-state index contributed by atoms with van der Waals surface area (Å²) in [5.41, 5.74) is 4.34. The zero-order chi connectivity index (χ0) is 18.2. The van der Waals surface area contributed by atoms with E-state index in [1.807, 2.05) is 12.1 Å². The lowest BCUT2D eigenvalue weighted by Gasteiger charge is -2.10. The predicted octanol–water partition coefficient (Wildman–Crippen LogP) is 7.30. The fourth-order valence-electron chi connectivity index (χ4n) is 4.77. The van der Waals surface area contributed by atoms with Crippen molar-refractivity contribution in [2.45, 2.75) is 0 Å². The first kappa shape index (κ1) is 14.3. The van der Waals surface area contributed by atoms with Crippen molar-refractivity contribution >= 4 is 59.9 Å². The molecule has 0 aliphatic carbocycles. The van der Waals surface area contributed by atoms with Crippen LogP contribution in [-0.2, 0) is 0 Å². The molecule has 0 N–H and O–H groups in total. The molecule has 3 aromatic heterocycles. The first-order chi connectivity index (χ1) is 13.9. The van der Waals surface area contributed by atoms with Crippen LogP contribution in [0, 0.1) is 0 Å². The Balaban J connectivity index is 1.87. The van der Waals surface area contributed by atoms with Crippen LogP contribution in [0.1, 0.15) is 0 Å². The Hall–Kier alpha value is -3.78. The quantitative estimate of drug-likeness (QED) is 0.260. The topological polar surface area (TPSA) is 17.6 Å². The van der Waals surface area contributed by atoms with Crippen molar-refractivity contribution < 1.29 is 4.42 Å². The predicted molar refractivity (Wildman–Crippen MR) is 117 cm³/mol. The van der Waals surface area contributed by atoms with Crippen LogP contribution in [0.4, 0.5) is 0 Å². The van der Waals surface area contributed by atoms with Crippen LogP contribution in [0.3, 0.4) is 0 Å². The van der Waals surface area contributed by atoms with Crippen molar-refractivity contribution in [1.82, 2.24) is 4.40 Å². The van der Waals surface area contributed by atoms with E-state index in [9.17, 15) is 0 Å². The number of furan rings is 1. The van der Waals surface area contributed by atoms with Gasteiger partial charge in [0.25, 0.3) is 0 Å². The van der Waals surface area contributed by atoms with Crippen molar-refractivity contribution in [2.24, 2.45) is 0 Å². The van der Waals surface area contributed by atoms with Gasteiger partial charge in [0.1, 0.15) is 11.2 Å². The summed E-state index contributed by atoms with van der Waals surface area (Å²) in [6.07, 6.45) is 2.24. The van der Waals surface area contributed by atoms with Gasteiger partial charge in [0, 0.05) is 38.5 Å². The van der Waals surface area contributed by atoms with E-state index in [0.717, 1.165) is 11.2 Å². The molecule has 0 atom stereocenters. The Kier molecular flexibility index (Phi) is 2.52. The van der Waals surface area contributed by atoms with Crippen LogP contribution in [0.2, 0.25) is 0 Å². The van der Waals surface area contributed by atoms with Crippen LogP contribution in [0.15, 0.2) is 95.5 Å². The molecule has 2 nitrogen and oxygen atoms in total. The molecule has 0 saturated carbocycles. The van der Waals surface area contributed by atoms with Crippen molar-refractivity contribution in [1.29, 1.82) is 0 Å². The molecule has 0 unspecified atom stereocenters. The van der Waals surface area contributed by atoms with E-state index in [1.165, 1.54) is 48.7 Å². The Labute approximate surface area is 160 Å². The molecule has 7 rings (SSSR count). The summed E-state index contributed by atoms with van der Waals surface area (Å²) in [5, 5.41) is 8.54. The van der Waals surface area contributed by atoms with E-state index in [4.69, 9.17) is 4.42 Å². The molecule has 0 bridgehead atoms.